The SMILES string of the molecule is CC(C)C[C@H](NC(=O)N1CCC[C@H]2CCCC[C@H]21)C(=O)O. The van der Waals surface area contributed by atoms with Crippen LogP contribution in [-0.2, 0) is 4.79 Å². The lowest BCUT2D eigenvalue weighted by atomic mass is 9.78. The lowest BCUT2D eigenvalue weighted by molar-refractivity contribution is -0.139. The molecule has 5 heteroatoms. The summed E-state index contributed by atoms with van der Waals surface area (Å²) >= 11 is 0. The van der Waals surface area contributed by atoms with E-state index in [9.17, 15) is 14.7 Å². The third kappa shape index (κ3) is 4.11. The molecule has 1 aliphatic heterocycles. The van der Waals surface area contributed by atoms with Crippen LogP contribution >= 0.6 is 0 Å². The molecule has 5 nitrogen and oxygen atoms in total. The maximum absolute atomic E-state index is 12.5. The molecule has 3 atom stereocenters. The Morgan fingerprint density at radius 2 is 1.86 bits per heavy atom. The summed E-state index contributed by atoms with van der Waals surface area (Å²) in [5, 5.41) is 12.0. The standard InChI is InChI=1S/C16H28N2O3/c1-11(2)10-13(15(19)20)17-16(21)18-9-5-7-12-6-3-4-8-14(12)18/h11-14H,3-10H2,1-2H3,(H,17,21)(H,19,20)/t12-,13+,14-/m1/s1. The Kier molecular flexibility index (Phi) is 5.48. The van der Waals surface area contributed by atoms with E-state index in [1.807, 2.05) is 18.7 Å². The Labute approximate surface area is 127 Å². The summed E-state index contributed by atoms with van der Waals surface area (Å²) in [6.45, 7) is 4.71. The summed E-state index contributed by atoms with van der Waals surface area (Å²) in [6.07, 6.45) is 7.45. The Bertz CT molecular complexity index is 382. The van der Waals surface area contributed by atoms with Gasteiger partial charge in [0.1, 0.15) is 6.04 Å². The van der Waals surface area contributed by atoms with E-state index in [-0.39, 0.29) is 11.9 Å². The van der Waals surface area contributed by atoms with Crippen molar-refractivity contribution in [3.8, 4) is 0 Å². The van der Waals surface area contributed by atoms with Crippen molar-refractivity contribution < 1.29 is 14.7 Å². The van der Waals surface area contributed by atoms with E-state index in [1.54, 1.807) is 0 Å². The summed E-state index contributed by atoms with van der Waals surface area (Å²) in [6, 6.07) is -0.637. The maximum Gasteiger partial charge on any atom is 0.326 e. The van der Waals surface area contributed by atoms with Crippen molar-refractivity contribution in [2.24, 2.45) is 11.8 Å². The van der Waals surface area contributed by atoms with Crippen molar-refractivity contribution in [3.05, 3.63) is 0 Å². The van der Waals surface area contributed by atoms with Gasteiger partial charge in [0, 0.05) is 12.6 Å². The monoisotopic (exact) mass is 296 g/mol. The van der Waals surface area contributed by atoms with E-state index >= 15 is 0 Å². The van der Waals surface area contributed by atoms with Crippen molar-refractivity contribution in [1.82, 2.24) is 10.2 Å². The van der Waals surface area contributed by atoms with E-state index in [4.69, 9.17) is 0 Å². The van der Waals surface area contributed by atoms with Crippen LogP contribution in [0.15, 0.2) is 0 Å². The molecule has 1 saturated heterocycles. The third-order valence-electron chi connectivity index (χ3n) is 4.81. The average molecular weight is 296 g/mol. The number of carbonyl (C=O) groups excluding carboxylic acids is 1. The number of carbonyl (C=O) groups is 2. The first-order chi connectivity index (χ1) is 9.99. The second-order valence-electron chi connectivity index (χ2n) is 6.92. The molecule has 0 aromatic rings. The van der Waals surface area contributed by atoms with Gasteiger partial charge in [-0.05, 0) is 43.9 Å². The minimum atomic E-state index is -0.936. The molecule has 0 bridgehead atoms. The van der Waals surface area contributed by atoms with Crippen LogP contribution in [0, 0.1) is 11.8 Å². The zero-order valence-electron chi connectivity index (χ0n) is 13.2. The Morgan fingerprint density at radius 1 is 1.19 bits per heavy atom. The number of carboxylic acids is 1. The summed E-state index contributed by atoms with van der Waals surface area (Å²) in [4.78, 5) is 25.7. The number of urea groups is 1. The van der Waals surface area contributed by atoms with E-state index in [2.05, 4.69) is 5.32 Å². The molecule has 2 N–H and O–H groups in total. The second kappa shape index (κ2) is 7.14. The fourth-order valence-corrected chi connectivity index (χ4v) is 3.80. The largest absolute Gasteiger partial charge is 0.480 e. The molecule has 0 aromatic heterocycles. The highest BCUT2D eigenvalue weighted by atomic mass is 16.4. The van der Waals surface area contributed by atoms with Crippen molar-refractivity contribution in [2.45, 2.75) is 70.9 Å². The summed E-state index contributed by atoms with van der Waals surface area (Å²) in [5.41, 5.74) is 0. The van der Waals surface area contributed by atoms with Crippen LogP contribution in [0.4, 0.5) is 4.79 Å². The molecule has 0 aromatic carbocycles. The number of fused-ring (bicyclic) bond motifs is 1. The lowest BCUT2D eigenvalue weighted by Crippen LogP contribution is -2.56. The molecule has 1 heterocycles. The Balaban J connectivity index is 1.98. The van der Waals surface area contributed by atoms with Crippen molar-refractivity contribution >= 4 is 12.0 Å². The zero-order chi connectivity index (χ0) is 15.4. The highest BCUT2D eigenvalue weighted by molar-refractivity contribution is 5.82. The van der Waals surface area contributed by atoms with Gasteiger partial charge >= 0.3 is 12.0 Å². The first kappa shape index (κ1) is 16.1. The van der Waals surface area contributed by atoms with Crippen LogP contribution in [0.2, 0.25) is 0 Å². The molecule has 2 aliphatic rings. The van der Waals surface area contributed by atoms with Gasteiger partial charge in [-0.2, -0.15) is 0 Å². The van der Waals surface area contributed by atoms with Gasteiger partial charge in [-0.3, -0.25) is 0 Å². The number of hydrogen-bond donors (Lipinski definition) is 2. The minimum Gasteiger partial charge on any atom is -0.480 e. The average Bonchev–Trinajstić information content (AvgIpc) is 2.45. The molecule has 0 spiro atoms. The van der Waals surface area contributed by atoms with Gasteiger partial charge in [-0.1, -0.05) is 26.7 Å². The molecule has 120 valence electrons. The van der Waals surface area contributed by atoms with Gasteiger partial charge in [0.05, 0.1) is 0 Å². The number of aliphatic carboxylic acids is 1. The summed E-state index contributed by atoms with van der Waals surface area (Å²) < 4.78 is 0. The number of carboxylic acid groups (broad SMARTS) is 1. The molecule has 2 amide bonds. The number of nitrogens with one attached hydrogen (secondary N) is 1. The molecular weight excluding hydrogens is 268 g/mol. The highest BCUT2D eigenvalue weighted by Gasteiger charge is 2.36. The van der Waals surface area contributed by atoms with Crippen LogP contribution in [0.1, 0.15) is 58.8 Å². The highest BCUT2D eigenvalue weighted by Crippen LogP contribution is 2.35. The minimum absolute atomic E-state index is 0.181. The maximum atomic E-state index is 12.5. The van der Waals surface area contributed by atoms with Crippen molar-refractivity contribution in [2.75, 3.05) is 6.54 Å². The number of likely N-dealkylation sites (tertiary alicyclic amines) is 1. The fraction of sp³-hybridized carbons (Fsp3) is 0.875. The quantitative estimate of drug-likeness (QED) is 0.838. The normalized spacial score (nSPS) is 27.1. The molecule has 1 aliphatic carbocycles. The van der Waals surface area contributed by atoms with Gasteiger partial charge in [0.2, 0.25) is 0 Å². The van der Waals surface area contributed by atoms with Crippen molar-refractivity contribution in [1.29, 1.82) is 0 Å². The smallest absolute Gasteiger partial charge is 0.326 e. The molecule has 2 fully saturated rings. The van der Waals surface area contributed by atoms with E-state index in [0.717, 1.165) is 19.4 Å². The number of nitrogens with zero attached hydrogens (tertiary/aromatic N) is 1. The second-order valence-corrected chi connectivity index (χ2v) is 6.92. The van der Waals surface area contributed by atoms with Gasteiger partial charge in [0.25, 0.3) is 0 Å². The predicted octanol–water partition coefficient (Wildman–Crippen LogP) is 2.85. The molecule has 0 radical (unpaired) electrons. The zero-order valence-corrected chi connectivity index (χ0v) is 13.2. The summed E-state index contributed by atoms with van der Waals surface area (Å²) in [7, 11) is 0. The fourth-order valence-electron chi connectivity index (χ4n) is 3.80. The van der Waals surface area contributed by atoms with Crippen LogP contribution in [0.3, 0.4) is 0 Å². The lowest BCUT2D eigenvalue weighted by Gasteiger charge is -2.44. The molecule has 0 unspecified atom stereocenters. The number of amides is 2. The third-order valence-corrected chi connectivity index (χ3v) is 4.81. The van der Waals surface area contributed by atoms with Crippen LogP contribution in [-0.4, -0.2) is 40.6 Å². The first-order valence-electron chi connectivity index (χ1n) is 8.29. The molecule has 21 heavy (non-hydrogen) atoms. The Hall–Kier alpha value is -1.26. The van der Waals surface area contributed by atoms with Gasteiger partial charge in [0.15, 0.2) is 0 Å². The van der Waals surface area contributed by atoms with Gasteiger partial charge in [-0.25, -0.2) is 9.59 Å². The number of piperidine rings is 1. The molecular formula is C16H28N2O3. The topological polar surface area (TPSA) is 69.6 Å². The molecule has 1 saturated carbocycles. The van der Waals surface area contributed by atoms with Gasteiger partial charge < -0.3 is 15.3 Å². The van der Waals surface area contributed by atoms with Crippen LogP contribution < -0.4 is 5.32 Å². The predicted molar refractivity (Wildman–Crippen MR) is 81.1 cm³/mol. The van der Waals surface area contributed by atoms with E-state index < -0.39 is 12.0 Å². The van der Waals surface area contributed by atoms with Gasteiger partial charge in [-0.15, -0.1) is 0 Å². The van der Waals surface area contributed by atoms with E-state index in [0.29, 0.717) is 18.4 Å². The number of hydrogen-bond acceptors (Lipinski definition) is 2. The van der Waals surface area contributed by atoms with Crippen LogP contribution in [0.25, 0.3) is 0 Å². The first-order valence-corrected chi connectivity index (χ1v) is 8.29. The Morgan fingerprint density at radius 3 is 2.52 bits per heavy atom. The van der Waals surface area contributed by atoms with E-state index in [1.165, 1.54) is 25.7 Å². The summed E-state index contributed by atoms with van der Waals surface area (Å²) in [5.74, 6) is -0.0731. The molecule has 2 rings (SSSR count). The van der Waals surface area contributed by atoms with Crippen molar-refractivity contribution in [3.63, 3.8) is 0 Å². The number of rotatable bonds is 4. The van der Waals surface area contributed by atoms with Crippen LogP contribution in [0.5, 0.6) is 0 Å².